The van der Waals surface area contributed by atoms with E-state index in [0.717, 1.165) is 42.8 Å². The third kappa shape index (κ3) is 3.83. The summed E-state index contributed by atoms with van der Waals surface area (Å²) in [4.78, 5) is 12.1. The zero-order valence-corrected chi connectivity index (χ0v) is 12.5. The van der Waals surface area contributed by atoms with Crippen molar-refractivity contribution in [3.05, 3.63) is 36.5 Å². The molecule has 0 saturated carbocycles. The van der Waals surface area contributed by atoms with Crippen LogP contribution in [0.3, 0.4) is 0 Å². The second-order valence-corrected chi connectivity index (χ2v) is 5.04. The van der Waals surface area contributed by atoms with Crippen molar-refractivity contribution < 1.29 is 4.79 Å². The second-order valence-electron chi connectivity index (χ2n) is 5.04. The van der Waals surface area contributed by atoms with Gasteiger partial charge in [-0.05, 0) is 43.1 Å². The first kappa shape index (κ1) is 15.5. The summed E-state index contributed by atoms with van der Waals surface area (Å²) >= 11 is 0. The number of amides is 1. The highest BCUT2D eigenvalue weighted by atomic mass is 35.5. The van der Waals surface area contributed by atoms with Crippen LogP contribution in [0, 0.1) is 0 Å². The standard InChI is InChI=1S/C15H18N4O.ClH/c20-15(14-3-1-2-9-16-14)18-12-6-4-11(5-7-12)13-8-10-17-19-13;/h4-8,10,14,16H,1-3,9H2,(H,17,19)(H,18,20);1H/t14-;/m0./s1. The first-order valence-electron chi connectivity index (χ1n) is 6.97. The first-order chi connectivity index (χ1) is 9.83. The number of benzene rings is 1. The van der Waals surface area contributed by atoms with Gasteiger partial charge in [-0.15, -0.1) is 12.4 Å². The van der Waals surface area contributed by atoms with E-state index in [1.54, 1.807) is 6.20 Å². The highest BCUT2D eigenvalue weighted by Crippen LogP contribution is 2.19. The molecule has 1 aromatic heterocycles. The fourth-order valence-corrected chi connectivity index (χ4v) is 2.45. The van der Waals surface area contributed by atoms with E-state index in [9.17, 15) is 4.79 Å². The lowest BCUT2D eigenvalue weighted by molar-refractivity contribution is -0.118. The van der Waals surface area contributed by atoms with Gasteiger partial charge in [-0.2, -0.15) is 5.10 Å². The minimum atomic E-state index is -0.0592. The Morgan fingerprint density at radius 3 is 2.62 bits per heavy atom. The molecular formula is C15H19ClN4O. The molecule has 3 rings (SSSR count). The van der Waals surface area contributed by atoms with Crippen LogP contribution in [0.4, 0.5) is 5.69 Å². The molecule has 1 aromatic carbocycles. The average Bonchev–Trinajstić information content (AvgIpc) is 3.03. The van der Waals surface area contributed by atoms with Gasteiger partial charge in [0.2, 0.25) is 5.91 Å². The number of nitrogens with zero attached hydrogens (tertiary/aromatic N) is 1. The Balaban J connectivity index is 0.00000161. The van der Waals surface area contributed by atoms with E-state index in [2.05, 4.69) is 20.8 Å². The third-order valence-corrected chi connectivity index (χ3v) is 3.59. The summed E-state index contributed by atoms with van der Waals surface area (Å²) in [5.41, 5.74) is 2.85. The normalized spacial score (nSPS) is 17.8. The highest BCUT2D eigenvalue weighted by Gasteiger charge is 2.20. The number of nitrogens with one attached hydrogen (secondary N) is 3. The van der Waals surface area contributed by atoms with Crippen molar-refractivity contribution in [3.8, 4) is 11.3 Å². The van der Waals surface area contributed by atoms with Crippen LogP contribution in [0.15, 0.2) is 36.5 Å². The van der Waals surface area contributed by atoms with Crippen molar-refractivity contribution in [2.45, 2.75) is 25.3 Å². The van der Waals surface area contributed by atoms with Gasteiger partial charge in [0.15, 0.2) is 0 Å². The molecule has 5 nitrogen and oxygen atoms in total. The summed E-state index contributed by atoms with van der Waals surface area (Å²) in [6.45, 7) is 0.927. The predicted octanol–water partition coefficient (Wildman–Crippen LogP) is 2.58. The number of hydrogen-bond donors (Lipinski definition) is 3. The number of piperidine rings is 1. The van der Waals surface area contributed by atoms with E-state index in [1.165, 1.54) is 0 Å². The van der Waals surface area contributed by atoms with Crippen molar-refractivity contribution in [2.24, 2.45) is 0 Å². The minimum Gasteiger partial charge on any atom is -0.325 e. The molecule has 0 bridgehead atoms. The number of halogens is 1. The van der Waals surface area contributed by atoms with Crippen LogP contribution < -0.4 is 10.6 Å². The number of rotatable bonds is 3. The SMILES string of the molecule is Cl.O=C(Nc1ccc(-c2ccn[nH]2)cc1)[C@@H]1CCCCN1. The zero-order chi connectivity index (χ0) is 13.8. The molecule has 0 unspecified atom stereocenters. The quantitative estimate of drug-likeness (QED) is 0.816. The second kappa shape index (κ2) is 7.24. The summed E-state index contributed by atoms with van der Waals surface area (Å²) in [6, 6.07) is 9.62. The molecule has 1 fully saturated rings. The third-order valence-electron chi connectivity index (χ3n) is 3.59. The summed E-state index contributed by atoms with van der Waals surface area (Å²) in [5, 5.41) is 13.0. The zero-order valence-electron chi connectivity index (χ0n) is 11.6. The average molecular weight is 307 g/mol. The summed E-state index contributed by atoms with van der Waals surface area (Å²) in [5.74, 6) is 0.0546. The van der Waals surface area contributed by atoms with Crippen LogP contribution in [0.1, 0.15) is 19.3 Å². The van der Waals surface area contributed by atoms with Crippen LogP contribution in [-0.4, -0.2) is 28.7 Å². The van der Waals surface area contributed by atoms with Crippen LogP contribution >= 0.6 is 12.4 Å². The van der Waals surface area contributed by atoms with Crippen LogP contribution in [-0.2, 0) is 4.79 Å². The maximum absolute atomic E-state index is 12.1. The van der Waals surface area contributed by atoms with Crippen molar-refractivity contribution >= 4 is 24.0 Å². The molecule has 1 saturated heterocycles. The Kier molecular flexibility index (Phi) is 5.36. The lowest BCUT2D eigenvalue weighted by Crippen LogP contribution is -2.43. The molecule has 0 aliphatic carbocycles. The maximum Gasteiger partial charge on any atom is 0.241 e. The molecule has 1 atom stereocenters. The predicted molar refractivity (Wildman–Crippen MR) is 85.5 cm³/mol. The number of aromatic amines is 1. The van der Waals surface area contributed by atoms with Gasteiger partial charge in [-0.3, -0.25) is 9.89 Å². The Labute approximate surface area is 129 Å². The van der Waals surface area contributed by atoms with Gasteiger partial charge >= 0.3 is 0 Å². The van der Waals surface area contributed by atoms with Crippen LogP contribution in [0.2, 0.25) is 0 Å². The number of carbonyl (C=O) groups is 1. The summed E-state index contributed by atoms with van der Waals surface area (Å²) < 4.78 is 0. The van der Waals surface area contributed by atoms with Gasteiger partial charge in [0, 0.05) is 11.9 Å². The first-order valence-corrected chi connectivity index (χ1v) is 6.97. The van der Waals surface area contributed by atoms with E-state index in [4.69, 9.17) is 0 Å². The van der Waals surface area contributed by atoms with E-state index in [0.29, 0.717) is 0 Å². The topological polar surface area (TPSA) is 69.8 Å². The van der Waals surface area contributed by atoms with Crippen molar-refractivity contribution in [1.82, 2.24) is 15.5 Å². The molecule has 3 N–H and O–H groups in total. The Morgan fingerprint density at radius 1 is 1.19 bits per heavy atom. The molecule has 1 aliphatic heterocycles. The van der Waals surface area contributed by atoms with E-state index >= 15 is 0 Å². The van der Waals surface area contributed by atoms with Gasteiger partial charge in [0.1, 0.15) is 0 Å². The highest BCUT2D eigenvalue weighted by molar-refractivity contribution is 5.95. The maximum atomic E-state index is 12.1. The lowest BCUT2D eigenvalue weighted by atomic mass is 10.0. The number of hydrogen-bond acceptors (Lipinski definition) is 3. The molecule has 112 valence electrons. The largest absolute Gasteiger partial charge is 0.325 e. The monoisotopic (exact) mass is 306 g/mol. The van der Waals surface area contributed by atoms with Gasteiger partial charge in [0.25, 0.3) is 0 Å². The van der Waals surface area contributed by atoms with Crippen molar-refractivity contribution in [2.75, 3.05) is 11.9 Å². The lowest BCUT2D eigenvalue weighted by Gasteiger charge is -2.22. The van der Waals surface area contributed by atoms with E-state index in [1.807, 2.05) is 30.3 Å². The molecule has 21 heavy (non-hydrogen) atoms. The number of H-pyrrole nitrogens is 1. The number of aromatic nitrogens is 2. The van der Waals surface area contributed by atoms with E-state index in [-0.39, 0.29) is 24.4 Å². The Bertz CT molecular complexity index is 562. The van der Waals surface area contributed by atoms with E-state index < -0.39 is 0 Å². The van der Waals surface area contributed by atoms with Crippen LogP contribution in [0.5, 0.6) is 0 Å². The fraction of sp³-hybridized carbons (Fsp3) is 0.333. The number of carbonyl (C=O) groups excluding carboxylic acids is 1. The smallest absolute Gasteiger partial charge is 0.241 e. The number of anilines is 1. The van der Waals surface area contributed by atoms with Crippen molar-refractivity contribution in [3.63, 3.8) is 0 Å². The summed E-state index contributed by atoms with van der Waals surface area (Å²) in [6.07, 6.45) is 4.91. The molecule has 2 aromatic rings. The van der Waals surface area contributed by atoms with Crippen molar-refractivity contribution in [1.29, 1.82) is 0 Å². The van der Waals surface area contributed by atoms with Gasteiger partial charge in [-0.1, -0.05) is 18.6 Å². The van der Waals surface area contributed by atoms with Crippen LogP contribution in [0.25, 0.3) is 11.3 Å². The Morgan fingerprint density at radius 2 is 2.00 bits per heavy atom. The molecule has 0 radical (unpaired) electrons. The van der Waals surface area contributed by atoms with Gasteiger partial charge < -0.3 is 10.6 Å². The molecule has 2 heterocycles. The molecule has 0 spiro atoms. The van der Waals surface area contributed by atoms with Gasteiger partial charge in [0.05, 0.1) is 11.7 Å². The fourth-order valence-electron chi connectivity index (χ4n) is 2.45. The molecule has 1 aliphatic rings. The molecular weight excluding hydrogens is 288 g/mol. The molecule has 1 amide bonds. The Hall–Kier alpha value is -1.85. The molecule has 6 heteroatoms. The van der Waals surface area contributed by atoms with Gasteiger partial charge in [-0.25, -0.2) is 0 Å². The summed E-state index contributed by atoms with van der Waals surface area (Å²) in [7, 11) is 0. The minimum absolute atomic E-state index is 0.